The van der Waals surface area contributed by atoms with Crippen molar-refractivity contribution in [2.24, 2.45) is 10.1 Å². The number of nitrogens with one attached hydrogen (secondary N) is 1. The number of aliphatic imine (C=N–C) groups is 1. The molecule has 3 aromatic carbocycles. The lowest BCUT2D eigenvalue weighted by Gasteiger charge is -2.23. The molecule has 0 saturated carbocycles. The molecule has 5 rings (SSSR count). The van der Waals surface area contributed by atoms with Gasteiger partial charge in [0, 0.05) is 18.5 Å². The van der Waals surface area contributed by atoms with E-state index in [1.54, 1.807) is 0 Å². The number of amidine groups is 1. The van der Waals surface area contributed by atoms with Crippen LogP contribution in [0.3, 0.4) is 0 Å². The van der Waals surface area contributed by atoms with Crippen LogP contribution in [0.25, 0.3) is 0 Å². The molecule has 0 aliphatic carbocycles. The van der Waals surface area contributed by atoms with E-state index in [4.69, 9.17) is 5.10 Å². The Morgan fingerprint density at radius 2 is 1.81 bits per heavy atom. The fraction of sp³-hybridized carbons (Fsp3) is 0.267. The molecule has 0 fully saturated rings. The van der Waals surface area contributed by atoms with Crippen LogP contribution in [-0.2, 0) is 16.0 Å². The predicted octanol–water partition coefficient (Wildman–Crippen LogP) is 6.04. The molecule has 37 heavy (non-hydrogen) atoms. The molecule has 0 aromatic heterocycles. The summed E-state index contributed by atoms with van der Waals surface area (Å²) in [6.45, 7) is 6.11. The minimum atomic E-state index is -0.570. The zero-order chi connectivity index (χ0) is 25.9. The molecule has 0 spiro atoms. The Bertz CT molecular complexity index is 1380. The Kier molecular flexibility index (Phi) is 7.24. The van der Waals surface area contributed by atoms with E-state index in [0.717, 1.165) is 40.1 Å². The van der Waals surface area contributed by atoms with Crippen LogP contribution in [0, 0.1) is 13.8 Å². The van der Waals surface area contributed by atoms with Crippen LogP contribution in [-0.4, -0.2) is 33.0 Å². The van der Waals surface area contributed by atoms with Gasteiger partial charge in [0.25, 0.3) is 5.91 Å². The highest BCUT2D eigenvalue weighted by Crippen LogP contribution is 2.38. The molecule has 1 N–H and O–H groups in total. The summed E-state index contributed by atoms with van der Waals surface area (Å²) >= 11 is 1.32. The zero-order valence-corrected chi connectivity index (χ0v) is 22.1. The first kappa shape index (κ1) is 25.0. The summed E-state index contributed by atoms with van der Waals surface area (Å²) in [5, 5.41) is 9.71. The Morgan fingerprint density at radius 1 is 1.05 bits per heavy atom. The van der Waals surface area contributed by atoms with Crippen molar-refractivity contribution < 1.29 is 9.59 Å². The van der Waals surface area contributed by atoms with Crippen LogP contribution in [0.15, 0.2) is 82.9 Å². The molecule has 188 valence electrons. The summed E-state index contributed by atoms with van der Waals surface area (Å²) in [5.74, 6) is -0.491. The maximum absolute atomic E-state index is 12.9. The third-order valence-electron chi connectivity index (χ3n) is 6.74. The van der Waals surface area contributed by atoms with Crippen molar-refractivity contribution >= 4 is 40.1 Å². The lowest BCUT2D eigenvalue weighted by atomic mass is 9.97. The SMILES string of the molecule is CCc1ccc([C@@H]2CC(c3ccccc3)=NN2C2=NC(=O)[C@@H](CC(=O)Nc3ccc(C)cc3C)S2)cc1. The van der Waals surface area contributed by atoms with Gasteiger partial charge in [0.15, 0.2) is 5.17 Å². The quantitative estimate of drug-likeness (QED) is 0.439. The number of hydrogen-bond acceptors (Lipinski definition) is 5. The molecular formula is C30H30N4O2S. The monoisotopic (exact) mass is 510 g/mol. The number of rotatable bonds is 6. The van der Waals surface area contributed by atoms with Gasteiger partial charge in [-0.3, -0.25) is 9.59 Å². The maximum Gasteiger partial charge on any atom is 0.262 e. The molecule has 2 aliphatic heterocycles. The Hall–Kier alpha value is -3.71. The molecule has 6 nitrogen and oxygen atoms in total. The Balaban J connectivity index is 1.34. The number of hydrazone groups is 1. The normalized spacial score (nSPS) is 19.1. The first-order valence-electron chi connectivity index (χ1n) is 12.6. The number of amides is 2. The summed E-state index contributed by atoms with van der Waals surface area (Å²) < 4.78 is 0. The lowest BCUT2D eigenvalue weighted by Crippen LogP contribution is -2.25. The topological polar surface area (TPSA) is 74.1 Å². The van der Waals surface area contributed by atoms with Gasteiger partial charge in [0.1, 0.15) is 5.25 Å². The second kappa shape index (κ2) is 10.7. The average molecular weight is 511 g/mol. The van der Waals surface area contributed by atoms with Gasteiger partial charge in [-0.05, 0) is 48.6 Å². The third-order valence-corrected chi connectivity index (χ3v) is 7.88. The molecule has 2 heterocycles. The molecular weight excluding hydrogens is 480 g/mol. The summed E-state index contributed by atoms with van der Waals surface area (Å²) in [7, 11) is 0. The van der Waals surface area contributed by atoms with Crippen LogP contribution in [0.4, 0.5) is 5.69 Å². The van der Waals surface area contributed by atoms with Crippen LogP contribution in [0.1, 0.15) is 53.6 Å². The summed E-state index contributed by atoms with van der Waals surface area (Å²) in [5.41, 5.74) is 7.30. The number of carbonyl (C=O) groups is 2. The summed E-state index contributed by atoms with van der Waals surface area (Å²) in [6.07, 6.45) is 1.74. The van der Waals surface area contributed by atoms with Gasteiger partial charge >= 0.3 is 0 Å². The van der Waals surface area contributed by atoms with Crippen molar-refractivity contribution in [3.05, 3.63) is 101 Å². The van der Waals surface area contributed by atoms with E-state index < -0.39 is 5.25 Å². The highest BCUT2D eigenvalue weighted by molar-refractivity contribution is 8.15. The van der Waals surface area contributed by atoms with Crippen LogP contribution >= 0.6 is 11.8 Å². The molecule has 0 saturated heterocycles. The van der Waals surface area contributed by atoms with Crippen molar-refractivity contribution in [3.8, 4) is 0 Å². The molecule has 7 heteroatoms. The minimum absolute atomic E-state index is 0.0583. The standard InChI is InChI=1S/C30H30N4O2S/c1-4-21-11-13-23(14-12-21)26-17-25(22-8-6-5-7-9-22)33-34(26)30-32-29(36)27(37-30)18-28(35)31-24-15-10-19(2)16-20(24)3/h5-16,26-27H,4,17-18H2,1-3H3,(H,31,35)/t26-,27+/m0/s1. The van der Waals surface area contributed by atoms with E-state index in [9.17, 15) is 9.59 Å². The second-order valence-electron chi connectivity index (χ2n) is 9.48. The highest BCUT2D eigenvalue weighted by atomic mass is 32.2. The van der Waals surface area contributed by atoms with Crippen LogP contribution in [0.2, 0.25) is 0 Å². The van der Waals surface area contributed by atoms with Gasteiger partial charge in [-0.2, -0.15) is 10.1 Å². The average Bonchev–Trinajstić information content (AvgIpc) is 3.50. The van der Waals surface area contributed by atoms with Gasteiger partial charge in [0.05, 0.1) is 11.8 Å². The van der Waals surface area contributed by atoms with Crippen molar-refractivity contribution in [2.45, 2.75) is 51.3 Å². The van der Waals surface area contributed by atoms with Crippen molar-refractivity contribution in [2.75, 3.05) is 5.32 Å². The molecule has 0 unspecified atom stereocenters. The molecule has 2 amide bonds. The van der Waals surface area contributed by atoms with E-state index in [2.05, 4.69) is 53.6 Å². The fourth-order valence-electron chi connectivity index (χ4n) is 4.65. The largest absolute Gasteiger partial charge is 0.326 e. The first-order valence-corrected chi connectivity index (χ1v) is 13.5. The van der Waals surface area contributed by atoms with Gasteiger partial charge in [0.2, 0.25) is 5.91 Å². The molecule has 3 aromatic rings. The zero-order valence-electron chi connectivity index (χ0n) is 21.3. The van der Waals surface area contributed by atoms with Gasteiger partial charge in [-0.15, -0.1) is 0 Å². The number of hydrogen-bond donors (Lipinski definition) is 1. The smallest absolute Gasteiger partial charge is 0.262 e. The maximum atomic E-state index is 12.9. The van der Waals surface area contributed by atoms with Crippen molar-refractivity contribution in [1.82, 2.24) is 5.01 Å². The number of benzene rings is 3. The molecule has 0 bridgehead atoms. The van der Waals surface area contributed by atoms with E-state index in [0.29, 0.717) is 11.6 Å². The van der Waals surface area contributed by atoms with Gasteiger partial charge in [-0.25, -0.2) is 5.01 Å². The lowest BCUT2D eigenvalue weighted by molar-refractivity contribution is -0.121. The van der Waals surface area contributed by atoms with Crippen molar-refractivity contribution in [3.63, 3.8) is 0 Å². The predicted molar refractivity (Wildman–Crippen MR) is 151 cm³/mol. The molecule has 2 atom stereocenters. The van der Waals surface area contributed by atoms with Gasteiger partial charge in [-0.1, -0.05) is 91.0 Å². The Morgan fingerprint density at radius 3 is 2.51 bits per heavy atom. The van der Waals surface area contributed by atoms with E-state index in [1.807, 2.05) is 55.3 Å². The number of aryl methyl sites for hydroxylation is 3. The second-order valence-corrected chi connectivity index (χ2v) is 10.7. The number of nitrogens with zero attached hydrogens (tertiary/aromatic N) is 3. The van der Waals surface area contributed by atoms with E-state index in [1.165, 1.54) is 17.3 Å². The van der Waals surface area contributed by atoms with Gasteiger partial charge < -0.3 is 5.32 Å². The third kappa shape index (κ3) is 5.52. The van der Waals surface area contributed by atoms with Crippen LogP contribution in [0.5, 0.6) is 0 Å². The van der Waals surface area contributed by atoms with E-state index in [-0.39, 0.29) is 24.3 Å². The fourth-order valence-corrected chi connectivity index (χ4v) is 5.72. The summed E-state index contributed by atoms with van der Waals surface area (Å²) in [6, 6.07) is 24.5. The van der Waals surface area contributed by atoms with E-state index >= 15 is 0 Å². The number of carbonyl (C=O) groups excluding carboxylic acids is 2. The minimum Gasteiger partial charge on any atom is -0.326 e. The number of thioether (sulfide) groups is 1. The van der Waals surface area contributed by atoms with Crippen LogP contribution < -0.4 is 5.32 Å². The highest BCUT2D eigenvalue weighted by Gasteiger charge is 2.39. The molecule has 2 aliphatic rings. The number of anilines is 1. The Labute approximate surface area is 221 Å². The summed E-state index contributed by atoms with van der Waals surface area (Å²) in [4.78, 5) is 30.0. The first-order chi connectivity index (χ1) is 17.9. The van der Waals surface area contributed by atoms with Crippen molar-refractivity contribution in [1.29, 1.82) is 0 Å². The molecule has 0 radical (unpaired) electrons.